The van der Waals surface area contributed by atoms with Gasteiger partial charge in [0.2, 0.25) is 16.6 Å². The Labute approximate surface area is 111 Å². The SMILES string of the molecule is C[Si]1(C)O[Si](C)(C)c2c1ccc1c2[C@@H]2C=C[C@H]1C2. The van der Waals surface area contributed by atoms with Gasteiger partial charge in [-0.1, -0.05) is 24.3 Å². The van der Waals surface area contributed by atoms with E-state index in [-0.39, 0.29) is 0 Å². The first-order valence-electron chi connectivity index (χ1n) is 6.96. The zero-order valence-electron chi connectivity index (χ0n) is 11.6. The lowest BCUT2D eigenvalue weighted by Gasteiger charge is -2.24. The maximum Gasteiger partial charge on any atom is 0.206 e. The Morgan fingerprint density at radius 3 is 2.50 bits per heavy atom. The summed E-state index contributed by atoms with van der Waals surface area (Å²) in [7, 11) is -3.29. The number of hydrogen-bond acceptors (Lipinski definition) is 1. The standard InChI is InChI=1S/C15H20OSi2/c1-17(2)13-8-7-12-10-5-6-11(9-10)14(12)15(13)18(3,4)16-17/h5-8,10-11H,9H2,1-4H3/t10-,11+/m0/s1. The van der Waals surface area contributed by atoms with E-state index in [1.165, 1.54) is 6.42 Å². The predicted octanol–water partition coefficient (Wildman–Crippen LogP) is 2.68. The van der Waals surface area contributed by atoms with Gasteiger partial charge in [-0.3, -0.25) is 0 Å². The molecule has 0 amide bonds. The van der Waals surface area contributed by atoms with Crippen molar-refractivity contribution in [1.82, 2.24) is 0 Å². The average Bonchev–Trinajstić information content (AvgIpc) is 2.90. The molecule has 0 unspecified atom stereocenters. The monoisotopic (exact) mass is 272 g/mol. The summed E-state index contributed by atoms with van der Waals surface area (Å²) in [5.74, 6) is 1.39. The van der Waals surface area contributed by atoms with E-state index in [0.717, 1.165) is 0 Å². The van der Waals surface area contributed by atoms with Crippen LogP contribution in [0.1, 0.15) is 29.4 Å². The molecule has 2 aliphatic carbocycles. The Bertz CT molecular complexity index is 586. The molecule has 1 nitrogen and oxygen atoms in total. The highest BCUT2D eigenvalue weighted by Gasteiger charge is 2.50. The van der Waals surface area contributed by atoms with Gasteiger partial charge in [0.05, 0.1) is 0 Å². The number of benzene rings is 1. The van der Waals surface area contributed by atoms with Gasteiger partial charge in [-0.2, -0.15) is 0 Å². The molecule has 18 heavy (non-hydrogen) atoms. The fourth-order valence-electron chi connectivity index (χ4n) is 4.40. The highest BCUT2D eigenvalue weighted by molar-refractivity contribution is 7.06. The quantitative estimate of drug-likeness (QED) is 0.521. The average molecular weight is 272 g/mol. The lowest BCUT2D eigenvalue weighted by molar-refractivity contribution is 0.583. The second-order valence-electron chi connectivity index (χ2n) is 6.95. The summed E-state index contributed by atoms with van der Waals surface area (Å²) in [6, 6.07) is 4.80. The zero-order valence-corrected chi connectivity index (χ0v) is 13.6. The van der Waals surface area contributed by atoms with Gasteiger partial charge in [0.15, 0.2) is 0 Å². The van der Waals surface area contributed by atoms with Crippen molar-refractivity contribution < 1.29 is 4.12 Å². The van der Waals surface area contributed by atoms with Crippen molar-refractivity contribution in [1.29, 1.82) is 0 Å². The van der Waals surface area contributed by atoms with Crippen LogP contribution >= 0.6 is 0 Å². The third kappa shape index (κ3) is 1.20. The van der Waals surface area contributed by atoms with E-state index in [0.29, 0.717) is 11.8 Å². The minimum atomic E-state index is -1.66. The van der Waals surface area contributed by atoms with Crippen molar-refractivity contribution in [2.75, 3.05) is 0 Å². The minimum Gasteiger partial charge on any atom is -0.449 e. The van der Waals surface area contributed by atoms with Crippen LogP contribution in [-0.2, 0) is 4.12 Å². The lowest BCUT2D eigenvalue weighted by Crippen LogP contribution is -2.47. The fraction of sp³-hybridized carbons (Fsp3) is 0.467. The first kappa shape index (κ1) is 11.2. The third-order valence-corrected chi connectivity index (χ3v) is 12.7. The van der Waals surface area contributed by atoms with Gasteiger partial charge in [-0.15, -0.1) is 0 Å². The van der Waals surface area contributed by atoms with Gasteiger partial charge in [0.25, 0.3) is 0 Å². The number of rotatable bonds is 0. The van der Waals surface area contributed by atoms with E-state index in [2.05, 4.69) is 50.5 Å². The smallest absolute Gasteiger partial charge is 0.206 e. The molecule has 0 spiro atoms. The third-order valence-electron chi connectivity index (χ3n) is 4.89. The Morgan fingerprint density at radius 2 is 1.72 bits per heavy atom. The summed E-state index contributed by atoms with van der Waals surface area (Å²) in [6.45, 7) is 9.51. The van der Waals surface area contributed by atoms with Gasteiger partial charge in [0.1, 0.15) is 0 Å². The largest absolute Gasteiger partial charge is 0.449 e. The van der Waals surface area contributed by atoms with Crippen molar-refractivity contribution in [2.45, 2.75) is 44.4 Å². The van der Waals surface area contributed by atoms with Gasteiger partial charge in [0, 0.05) is 11.8 Å². The molecule has 0 aromatic heterocycles. The molecule has 1 aromatic rings. The lowest BCUT2D eigenvalue weighted by atomic mass is 9.97. The molecule has 1 heterocycles. The van der Waals surface area contributed by atoms with Gasteiger partial charge < -0.3 is 4.12 Å². The van der Waals surface area contributed by atoms with Crippen LogP contribution < -0.4 is 10.4 Å². The molecule has 2 bridgehead atoms. The van der Waals surface area contributed by atoms with Crippen molar-refractivity contribution in [3.8, 4) is 0 Å². The Kier molecular flexibility index (Phi) is 1.92. The van der Waals surface area contributed by atoms with Gasteiger partial charge in [-0.05, 0) is 54.1 Å². The molecule has 1 aliphatic heterocycles. The van der Waals surface area contributed by atoms with Crippen molar-refractivity contribution in [3.63, 3.8) is 0 Å². The van der Waals surface area contributed by atoms with E-state index < -0.39 is 16.6 Å². The molecule has 0 radical (unpaired) electrons. The molecule has 1 aromatic carbocycles. The Morgan fingerprint density at radius 1 is 1.00 bits per heavy atom. The molecular formula is C15H20OSi2. The van der Waals surface area contributed by atoms with Crippen LogP contribution in [0.25, 0.3) is 0 Å². The zero-order chi connectivity index (χ0) is 12.7. The molecule has 3 aliphatic rings. The van der Waals surface area contributed by atoms with E-state index in [4.69, 9.17) is 4.12 Å². The first-order valence-corrected chi connectivity index (χ1v) is 12.8. The molecular weight excluding hydrogens is 252 g/mol. The summed E-state index contributed by atoms with van der Waals surface area (Å²) in [5, 5.41) is 3.27. The summed E-state index contributed by atoms with van der Waals surface area (Å²) >= 11 is 0. The molecule has 0 saturated heterocycles. The van der Waals surface area contributed by atoms with Crippen LogP contribution in [0.4, 0.5) is 0 Å². The van der Waals surface area contributed by atoms with Gasteiger partial charge >= 0.3 is 0 Å². The molecule has 4 rings (SSSR count). The van der Waals surface area contributed by atoms with Crippen LogP contribution in [0.3, 0.4) is 0 Å². The van der Waals surface area contributed by atoms with Gasteiger partial charge in [-0.25, -0.2) is 0 Å². The van der Waals surface area contributed by atoms with Crippen LogP contribution in [0.2, 0.25) is 26.2 Å². The minimum absolute atomic E-state index is 0.693. The van der Waals surface area contributed by atoms with Crippen LogP contribution in [-0.4, -0.2) is 16.6 Å². The maximum atomic E-state index is 6.59. The summed E-state index contributed by atoms with van der Waals surface area (Å²) in [5.41, 5.74) is 3.28. The maximum absolute atomic E-state index is 6.59. The number of allylic oxidation sites excluding steroid dienone is 2. The van der Waals surface area contributed by atoms with Crippen molar-refractivity contribution in [2.24, 2.45) is 0 Å². The van der Waals surface area contributed by atoms with E-state index in [1.54, 1.807) is 21.5 Å². The predicted molar refractivity (Wildman–Crippen MR) is 81.0 cm³/mol. The van der Waals surface area contributed by atoms with E-state index in [9.17, 15) is 0 Å². The normalized spacial score (nSPS) is 32.7. The van der Waals surface area contributed by atoms with E-state index >= 15 is 0 Å². The molecule has 2 atom stereocenters. The summed E-state index contributed by atoms with van der Waals surface area (Å²) in [4.78, 5) is 0. The van der Waals surface area contributed by atoms with Crippen molar-refractivity contribution >= 4 is 27.0 Å². The summed E-state index contributed by atoms with van der Waals surface area (Å²) < 4.78 is 6.59. The Hall–Kier alpha value is -0.646. The van der Waals surface area contributed by atoms with Crippen LogP contribution in [0, 0.1) is 0 Å². The molecule has 0 N–H and O–H groups in total. The second-order valence-corrected chi connectivity index (χ2v) is 14.8. The molecule has 94 valence electrons. The number of hydrogen-bond donors (Lipinski definition) is 0. The molecule has 0 saturated carbocycles. The highest BCUT2D eigenvalue weighted by Crippen LogP contribution is 2.48. The second kappa shape index (κ2) is 3.08. The fourth-order valence-corrected chi connectivity index (χ4v) is 15.1. The van der Waals surface area contributed by atoms with E-state index in [1.807, 2.05) is 0 Å². The van der Waals surface area contributed by atoms with Crippen molar-refractivity contribution in [3.05, 3.63) is 35.4 Å². The first-order chi connectivity index (χ1) is 8.40. The summed E-state index contributed by atoms with van der Waals surface area (Å²) in [6.07, 6.45) is 6.16. The Balaban J connectivity index is 2.05. The number of fused-ring (bicyclic) bond motifs is 7. The van der Waals surface area contributed by atoms with Crippen LogP contribution in [0.15, 0.2) is 24.3 Å². The molecule has 0 fully saturated rings. The molecule has 3 heteroatoms. The van der Waals surface area contributed by atoms with Crippen LogP contribution in [0.5, 0.6) is 0 Å². The highest BCUT2D eigenvalue weighted by atomic mass is 28.4. The topological polar surface area (TPSA) is 9.23 Å².